The van der Waals surface area contributed by atoms with E-state index < -0.39 is 16.1 Å². The molecule has 1 saturated heterocycles. The number of methoxy groups -OCH3 is 1. The second-order valence-electron chi connectivity index (χ2n) is 8.67. The van der Waals surface area contributed by atoms with E-state index in [0.717, 1.165) is 35.8 Å². The lowest BCUT2D eigenvalue weighted by molar-refractivity contribution is -0.122. The van der Waals surface area contributed by atoms with E-state index in [0.29, 0.717) is 17.3 Å². The van der Waals surface area contributed by atoms with Gasteiger partial charge in [-0.05, 0) is 61.7 Å². The maximum atomic E-state index is 13.1. The van der Waals surface area contributed by atoms with Gasteiger partial charge in [-0.1, -0.05) is 49.2 Å². The van der Waals surface area contributed by atoms with E-state index in [1.54, 1.807) is 19.1 Å². The fraction of sp³-hybridized carbons (Fsp3) is 0.480. The van der Waals surface area contributed by atoms with Crippen LogP contribution in [-0.2, 0) is 27.9 Å². The minimum Gasteiger partial charge on any atom is -0.495 e. The Morgan fingerprint density at radius 2 is 1.76 bits per heavy atom. The Morgan fingerprint density at radius 1 is 1.12 bits per heavy atom. The number of halogens is 1. The fourth-order valence-corrected chi connectivity index (χ4v) is 5.69. The molecule has 0 aromatic heterocycles. The summed E-state index contributed by atoms with van der Waals surface area (Å²) >= 11 is 6.13. The summed E-state index contributed by atoms with van der Waals surface area (Å²) in [6.07, 6.45) is 5.19. The Labute approximate surface area is 208 Å². The number of carbonyl (C=O) groups excluding carboxylic acids is 1. The Balaban J connectivity index is 1.71. The van der Waals surface area contributed by atoms with Crippen molar-refractivity contribution in [2.24, 2.45) is 0 Å². The third-order valence-corrected chi connectivity index (χ3v) is 7.45. The van der Waals surface area contributed by atoms with Crippen molar-refractivity contribution in [3.05, 3.63) is 58.6 Å². The summed E-state index contributed by atoms with van der Waals surface area (Å²) in [6, 6.07) is 12.0. The van der Waals surface area contributed by atoms with Crippen molar-refractivity contribution in [3.8, 4) is 5.75 Å². The van der Waals surface area contributed by atoms with Gasteiger partial charge in [0.1, 0.15) is 11.8 Å². The van der Waals surface area contributed by atoms with Crippen molar-refractivity contribution in [3.63, 3.8) is 0 Å². The van der Waals surface area contributed by atoms with E-state index in [4.69, 9.17) is 16.3 Å². The van der Waals surface area contributed by atoms with Crippen molar-refractivity contribution in [1.29, 1.82) is 0 Å². The number of anilines is 1. The number of hydrogen-bond acceptors (Lipinski definition) is 5. The predicted octanol–water partition coefficient (Wildman–Crippen LogP) is 4.20. The van der Waals surface area contributed by atoms with Crippen molar-refractivity contribution < 1.29 is 17.9 Å². The molecule has 0 saturated carbocycles. The van der Waals surface area contributed by atoms with Crippen LogP contribution in [0, 0.1) is 0 Å². The first kappa shape index (κ1) is 26.3. The zero-order valence-corrected chi connectivity index (χ0v) is 21.7. The van der Waals surface area contributed by atoms with E-state index in [2.05, 4.69) is 22.3 Å². The molecule has 7 nitrogen and oxygen atoms in total. The number of hydrogen-bond donors (Lipinski definition) is 1. The van der Waals surface area contributed by atoms with Crippen LogP contribution in [0.1, 0.15) is 43.7 Å². The number of likely N-dealkylation sites (tertiary alicyclic amines) is 1. The maximum absolute atomic E-state index is 13.1. The van der Waals surface area contributed by atoms with Gasteiger partial charge in [-0.2, -0.15) is 0 Å². The number of nitrogens with zero attached hydrogens (tertiary/aromatic N) is 2. The molecule has 34 heavy (non-hydrogen) atoms. The molecule has 3 rings (SSSR count). The normalized spacial score (nSPS) is 15.5. The van der Waals surface area contributed by atoms with E-state index >= 15 is 0 Å². The van der Waals surface area contributed by atoms with E-state index in [1.807, 2.05) is 12.1 Å². The van der Waals surface area contributed by atoms with Gasteiger partial charge < -0.3 is 10.1 Å². The Kier molecular flexibility index (Phi) is 9.22. The third kappa shape index (κ3) is 6.87. The number of rotatable bonds is 10. The molecule has 0 aliphatic carbocycles. The van der Waals surface area contributed by atoms with Gasteiger partial charge in [0.2, 0.25) is 15.9 Å². The summed E-state index contributed by atoms with van der Waals surface area (Å²) in [6.45, 7) is 5.31. The third-order valence-electron chi connectivity index (χ3n) is 6.05. The SMILES string of the molecule is CCC(C(=O)NCc1ccc(CN2CCCCC2)cc1)N(c1cc(Cl)ccc1OC)S(C)(=O)=O. The van der Waals surface area contributed by atoms with E-state index in [1.165, 1.54) is 38.0 Å². The van der Waals surface area contributed by atoms with Crippen LogP contribution < -0.4 is 14.4 Å². The molecule has 1 fully saturated rings. The number of amides is 1. The molecule has 2 aromatic rings. The molecule has 1 atom stereocenters. The minimum absolute atomic E-state index is 0.238. The van der Waals surface area contributed by atoms with Crippen LogP contribution in [0.15, 0.2) is 42.5 Å². The number of piperidine rings is 1. The van der Waals surface area contributed by atoms with Crippen LogP contribution in [0.5, 0.6) is 5.75 Å². The largest absolute Gasteiger partial charge is 0.495 e. The summed E-state index contributed by atoms with van der Waals surface area (Å²) in [4.78, 5) is 15.6. The van der Waals surface area contributed by atoms with Crippen LogP contribution >= 0.6 is 11.6 Å². The first-order chi connectivity index (χ1) is 16.2. The van der Waals surface area contributed by atoms with Crippen LogP contribution in [0.4, 0.5) is 5.69 Å². The van der Waals surface area contributed by atoms with Gasteiger partial charge in [0.15, 0.2) is 0 Å². The lowest BCUT2D eigenvalue weighted by atomic mass is 10.1. The van der Waals surface area contributed by atoms with E-state index in [9.17, 15) is 13.2 Å². The van der Waals surface area contributed by atoms with E-state index in [-0.39, 0.29) is 18.0 Å². The van der Waals surface area contributed by atoms with Crippen molar-refractivity contribution in [1.82, 2.24) is 10.2 Å². The topological polar surface area (TPSA) is 79.0 Å². The van der Waals surface area contributed by atoms with Crippen molar-refractivity contribution in [2.45, 2.75) is 51.7 Å². The highest BCUT2D eigenvalue weighted by Crippen LogP contribution is 2.34. The molecule has 0 spiro atoms. The Morgan fingerprint density at radius 3 is 2.35 bits per heavy atom. The van der Waals surface area contributed by atoms with Crippen LogP contribution in [0.25, 0.3) is 0 Å². The van der Waals surface area contributed by atoms with Gasteiger partial charge in [-0.25, -0.2) is 8.42 Å². The summed E-state index contributed by atoms with van der Waals surface area (Å²) in [5, 5.41) is 3.25. The molecule has 186 valence electrons. The lowest BCUT2D eigenvalue weighted by Gasteiger charge is -2.31. The molecule has 1 unspecified atom stereocenters. The Bertz CT molecular complexity index is 1070. The van der Waals surface area contributed by atoms with Gasteiger partial charge in [0.05, 0.1) is 19.1 Å². The monoisotopic (exact) mass is 507 g/mol. The molecule has 1 heterocycles. The van der Waals surface area contributed by atoms with Gasteiger partial charge in [0, 0.05) is 18.1 Å². The molecule has 1 aliphatic rings. The lowest BCUT2D eigenvalue weighted by Crippen LogP contribution is -2.49. The fourth-order valence-electron chi connectivity index (χ4n) is 4.32. The highest BCUT2D eigenvalue weighted by atomic mass is 35.5. The standard InChI is InChI=1S/C25H34ClN3O4S/c1-4-22(29(34(3,31)32)23-16-21(26)12-13-24(23)33-2)25(30)27-17-19-8-10-20(11-9-19)18-28-14-6-5-7-15-28/h8-13,16,22H,4-7,14-15,17-18H2,1-3H3,(H,27,30). The number of carbonyl (C=O) groups is 1. The highest BCUT2D eigenvalue weighted by Gasteiger charge is 2.33. The van der Waals surface area contributed by atoms with Crippen LogP contribution in [0.2, 0.25) is 5.02 Å². The van der Waals surface area contributed by atoms with Crippen molar-refractivity contribution >= 4 is 33.2 Å². The zero-order chi connectivity index (χ0) is 24.7. The molecular formula is C25H34ClN3O4S. The Hall–Kier alpha value is -2.29. The van der Waals surface area contributed by atoms with Gasteiger partial charge >= 0.3 is 0 Å². The first-order valence-corrected chi connectivity index (χ1v) is 13.9. The molecule has 0 bridgehead atoms. The minimum atomic E-state index is -3.80. The van der Waals surface area contributed by atoms with Crippen LogP contribution in [0.3, 0.4) is 0 Å². The van der Waals surface area contributed by atoms with Crippen LogP contribution in [-0.4, -0.2) is 51.7 Å². The smallest absolute Gasteiger partial charge is 0.244 e. The molecule has 9 heteroatoms. The maximum Gasteiger partial charge on any atom is 0.244 e. The first-order valence-electron chi connectivity index (χ1n) is 11.6. The predicted molar refractivity (Wildman–Crippen MR) is 137 cm³/mol. The zero-order valence-electron chi connectivity index (χ0n) is 20.1. The second-order valence-corrected chi connectivity index (χ2v) is 11.0. The number of sulfonamides is 1. The summed E-state index contributed by atoms with van der Waals surface area (Å²) in [5.74, 6) is -0.0577. The summed E-state index contributed by atoms with van der Waals surface area (Å²) in [7, 11) is -2.35. The molecule has 1 aliphatic heterocycles. The number of nitrogens with one attached hydrogen (secondary N) is 1. The molecule has 2 aromatic carbocycles. The average Bonchev–Trinajstić information content (AvgIpc) is 2.81. The second kappa shape index (κ2) is 11.9. The summed E-state index contributed by atoms with van der Waals surface area (Å²) in [5.41, 5.74) is 2.44. The van der Waals surface area contributed by atoms with Crippen molar-refractivity contribution in [2.75, 3.05) is 30.8 Å². The molecule has 1 amide bonds. The van der Waals surface area contributed by atoms with Gasteiger partial charge in [-0.15, -0.1) is 0 Å². The highest BCUT2D eigenvalue weighted by molar-refractivity contribution is 7.92. The summed E-state index contributed by atoms with van der Waals surface area (Å²) < 4.78 is 31.9. The molecular weight excluding hydrogens is 474 g/mol. The average molecular weight is 508 g/mol. The van der Waals surface area contributed by atoms with Gasteiger partial charge in [-0.3, -0.25) is 14.0 Å². The molecule has 0 radical (unpaired) electrons. The number of benzene rings is 2. The molecule has 1 N–H and O–H groups in total. The number of ether oxygens (including phenoxy) is 1. The quantitative estimate of drug-likeness (QED) is 0.521. The van der Waals surface area contributed by atoms with Gasteiger partial charge in [0.25, 0.3) is 0 Å².